The van der Waals surface area contributed by atoms with Gasteiger partial charge >= 0.3 is 0 Å². The molecule has 0 radical (unpaired) electrons. The molecule has 2 atom stereocenters. The first-order valence-electron chi connectivity index (χ1n) is 6.46. The molecule has 0 fully saturated rings. The maximum absolute atomic E-state index is 6.06. The van der Waals surface area contributed by atoms with Crippen LogP contribution in [0.15, 0.2) is 42.7 Å². The number of rotatable bonds is 4. The van der Waals surface area contributed by atoms with Crippen LogP contribution in [0, 0.1) is 13.8 Å². The lowest BCUT2D eigenvalue weighted by Crippen LogP contribution is -2.29. The average Bonchev–Trinajstić information content (AvgIpc) is 2.35. The minimum atomic E-state index is -0.185. The van der Waals surface area contributed by atoms with Crippen molar-refractivity contribution < 1.29 is 4.74 Å². The van der Waals surface area contributed by atoms with Gasteiger partial charge in [0, 0.05) is 24.0 Å². The number of hydrogen-bond acceptors (Lipinski definition) is 3. The van der Waals surface area contributed by atoms with E-state index >= 15 is 0 Å². The highest BCUT2D eigenvalue weighted by molar-refractivity contribution is 5.33. The van der Waals surface area contributed by atoms with Crippen molar-refractivity contribution in [2.45, 2.75) is 32.9 Å². The number of aromatic nitrogens is 1. The summed E-state index contributed by atoms with van der Waals surface area (Å²) in [7, 11) is 0. The number of aryl methyl sites for hydroxylation is 2. The quantitative estimate of drug-likeness (QED) is 0.914. The first-order valence-corrected chi connectivity index (χ1v) is 6.46. The second-order valence-electron chi connectivity index (χ2n) is 5.01. The van der Waals surface area contributed by atoms with E-state index in [-0.39, 0.29) is 12.1 Å². The summed E-state index contributed by atoms with van der Waals surface area (Å²) in [6, 6.07) is 9.96. The molecule has 19 heavy (non-hydrogen) atoms. The molecule has 3 heteroatoms. The summed E-state index contributed by atoms with van der Waals surface area (Å²) in [5, 5.41) is 0. The molecule has 0 saturated carbocycles. The van der Waals surface area contributed by atoms with E-state index in [0.717, 1.165) is 11.3 Å². The zero-order valence-corrected chi connectivity index (χ0v) is 11.6. The number of nitrogens with zero attached hydrogens (tertiary/aromatic N) is 1. The van der Waals surface area contributed by atoms with Gasteiger partial charge in [0.15, 0.2) is 0 Å². The monoisotopic (exact) mass is 256 g/mol. The molecular formula is C16H20N2O. The molecule has 2 aromatic rings. The van der Waals surface area contributed by atoms with Crippen molar-refractivity contribution in [2.24, 2.45) is 5.73 Å². The minimum absolute atomic E-state index is 0.106. The Morgan fingerprint density at radius 2 is 1.84 bits per heavy atom. The Bertz CT molecular complexity index is 517. The molecule has 0 bridgehead atoms. The minimum Gasteiger partial charge on any atom is -0.484 e. The molecule has 0 amide bonds. The predicted octanol–water partition coefficient (Wildman–Crippen LogP) is 3.17. The van der Waals surface area contributed by atoms with Crippen molar-refractivity contribution in [3.63, 3.8) is 0 Å². The molecule has 0 saturated heterocycles. The fourth-order valence-corrected chi connectivity index (χ4v) is 2.17. The maximum atomic E-state index is 6.06. The van der Waals surface area contributed by atoms with E-state index in [0.29, 0.717) is 0 Å². The number of ether oxygens (including phenoxy) is 1. The highest BCUT2D eigenvalue weighted by Gasteiger charge is 2.18. The zero-order valence-electron chi connectivity index (χ0n) is 11.6. The van der Waals surface area contributed by atoms with Gasteiger partial charge in [0.05, 0.1) is 0 Å². The SMILES string of the molecule is Cc1cc(C)cc(OC(c2cccnc2)C(C)N)c1. The summed E-state index contributed by atoms with van der Waals surface area (Å²) >= 11 is 0. The largest absolute Gasteiger partial charge is 0.484 e. The van der Waals surface area contributed by atoms with E-state index in [4.69, 9.17) is 10.5 Å². The Balaban J connectivity index is 2.27. The normalized spacial score (nSPS) is 13.9. The number of nitrogens with two attached hydrogens (primary N) is 1. The lowest BCUT2D eigenvalue weighted by Gasteiger charge is -2.23. The Morgan fingerprint density at radius 1 is 1.16 bits per heavy atom. The van der Waals surface area contributed by atoms with Gasteiger partial charge in [-0.1, -0.05) is 12.1 Å². The maximum Gasteiger partial charge on any atom is 0.140 e. The summed E-state index contributed by atoms with van der Waals surface area (Å²) in [6.45, 7) is 6.07. The van der Waals surface area contributed by atoms with Gasteiger partial charge in [-0.15, -0.1) is 0 Å². The highest BCUT2D eigenvalue weighted by atomic mass is 16.5. The van der Waals surface area contributed by atoms with Crippen LogP contribution in [0.4, 0.5) is 0 Å². The Hall–Kier alpha value is -1.87. The van der Waals surface area contributed by atoms with Crippen LogP contribution in [0.1, 0.15) is 29.7 Å². The zero-order chi connectivity index (χ0) is 13.8. The van der Waals surface area contributed by atoms with Crippen molar-refractivity contribution in [2.75, 3.05) is 0 Å². The second kappa shape index (κ2) is 5.85. The molecule has 2 N–H and O–H groups in total. The van der Waals surface area contributed by atoms with E-state index < -0.39 is 0 Å². The molecule has 0 spiro atoms. The fraction of sp³-hybridized carbons (Fsp3) is 0.312. The van der Waals surface area contributed by atoms with Crippen LogP contribution in [0.5, 0.6) is 5.75 Å². The molecule has 0 aliphatic rings. The van der Waals surface area contributed by atoms with Crippen LogP contribution in [0.3, 0.4) is 0 Å². The van der Waals surface area contributed by atoms with Crippen molar-refractivity contribution >= 4 is 0 Å². The summed E-state index contributed by atoms with van der Waals surface area (Å²) in [5.74, 6) is 0.851. The number of benzene rings is 1. The molecule has 2 rings (SSSR count). The van der Waals surface area contributed by atoms with Crippen molar-refractivity contribution in [1.82, 2.24) is 4.98 Å². The van der Waals surface area contributed by atoms with Gasteiger partial charge in [-0.25, -0.2) is 0 Å². The second-order valence-corrected chi connectivity index (χ2v) is 5.01. The van der Waals surface area contributed by atoms with E-state index in [2.05, 4.69) is 24.9 Å². The van der Waals surface area contributed by atoms with Crippen molar-refractivity contribution in [3.05, 3.63) is 59.4 Å². The standard InChI is InChI=1S/C16H20N2O/c1-11-7-12(2)9-15(8-11)19-16(13(3)17)14-5-4-6-18-10-14/h4-10,13,16H,17H2,1-3H3. The van der Waals surface area contributed by atoms with Crippen molar-refractivity contribution in [3.8, 4) is 5.75 Å². The van der Waals surface area contributed by atoms with Crippen LogP contribution in [0.2, 0.25) is 0 Å². The first kappa shape index (κ1) is 13.6. The summed E-state index contributed by atoms with van der Waals surface area (Å²) in [5.41, 5.74) is 9.41. The van der Waals surface area contributed by atoms with Gasteiger partial charge in [0.25, 0.3) is 0 Å². The van der Waals surface area contributed by atoms with E-state index in [1.165, 1.54) is 11.1 Å². The van der Waals surface area contributed by atoms with Crippen LogP contribution < -0.4 is 10.5 Å². The van der Waals surface area contributed by atoms with Crippen LogP contribution in [-0.4, -0.2) is 11.0 Å². The van der Waals surface area contributed by atoms with Crippen molar-refractivity contribution in [1.29, 1.82) is 0 Å². The van der Waals surface area contributed by atoms with Gasteiger partial charge in [0.1, 0.15) is 11.9 Å². The lowest BCUT2D eigenvalue weighted by atomic mass is 10.1. The smallest absolute Gasteiger partial charge is 0.140 e. The first-order chi connectivity index (χ1) is 9.06. The third-order valence-corrected chi connectivity index (χ3v) is 2.95. The third kappa shape index (κ3) is 3.55. The molecular weight excluding hydrogens is 236 g/mol. The number of pyridine rings is 1. The van der Waals surface area contributed by atoms with E-state index in [1.807, 2.05) is 31.2 Å². The topological polar surface area (TPSA) is 48.1 Å². The number of hydrogen-bond donors (Lipinski definition) is 1. The molecule has 1 aromatic heterocycles. The summed E-state index contributed by atoms with van der Waals surface area (Å²) in [4.78, 5) is 4.13. The summed E-state index contributed by atoms with van der Waals surface area (Å²) < 4.78 is 6.06. The Labute approximate surface area is 114 Å². The van der Waals surface area contributed by atoms with Gasteiger partial charge < -0.3 is 10.5 Å². The van der Waals surface area contributed by atoms with Crippen LogP contribution in [0.25, 0.3) is 0 Å². The summed E-state index contributed by atoms with van der Waals surface area (Å²) in [6.07, 6.45) is 3.37. The molecule has 100 valence electrons. The Morgan fingerprint density at radius 3 is 2.37 bits per heavy atom. The molecule has 3 nitrogen and oxygen atoms in total. The molecule has 1 heterocycles. The van der Waals surface area contributed by atoms with E-state index in [9.17, 15) is 0 Å². The van der Waals surface area contributed by atoms with Gasteiger partial charge in [-0.2, -0.15) is 0 Å². The molecule has 0 aliphatic heterocycles. The highest BCUT2D eigenvalue weighted by Crippen LogP contribution is 2.25. The van der Waals surface area contributed by atoms with E-state index in [1.54, 1.807) is 12.4 Å². The molecule has 2 unspecified atom stereocenters. The molecule has 0 aliphatic carbocycles. The van der Waals surface area contributed by atoms with Gasteiger partial charge in [-0.05, 0) is 50.1 Å². The van der Waals surface area contributed by atoms with Gasteiger partial charge in [0.2, 0.25) is 0 Å². The predicted molar refractivity (Wildman–Crippen MR) is 77.2 cm³/mol. The lowest BCUT2D eigenvalue weighted by molar-refractivity contribution is 0.180. The third-order valence-electron chi connectivity index (χ3n) is 2.95. The van der Waals surface area contributed by atoms with Gasteiger partial charge in [-0.3, -0.25) is 4.98 Å². The molecule has 1 aromatic carbocycles. The van der Waals surface area contributed by atoms with Crippen LogP contribution >= 0.6 is 0 Å². The fourth-order valence-electron chi connectivity index (χ4n) is 2.17. The Kier molecular flexibility index (Phi) is 4.17. The van der Waals surface area contributed by atoms with Crippen LogP contribution in [-0.2, 0) is 0 Å². The average molecular weight is 256 g/mol.